The summed E-state index contributed by atoms with van der Waals surface area (Å²) in [6, 6.07) is 10.9. The molecule has 1 fully saturated rings. The molecule has 2 aliphatic rings. The number of fused-ring (bicyclic) bond motifs is 3. The SMILES string of the molecule is CCOc1ccc(C(=O)Nc2ccc3c(c2)C2CCCN2CC3(C)C)cc1F.Cl. The van der Waals surface area contributed by atoms with Crippen molar-refractivity contribution in [3.8, 4) is 5.75 Å². The molecule has 1 atom stereocenters. The molecule has 0 aromatic heterocycles. The Hall–Kier alpha value is -2.11. The zero-order valence-corrected chi connectivity index (χ0v) is 17.9. The van der Waals surface area contributed by atoms with Crippen molar-refractivity contribution in [1.82, 2.24) is 4.90 Å². The van der Waals surface area contributed by atoms with Crippen molar-refractivity contribution in [3.63, 3.8) is 0 Å². The van der Waals surface area contributed by atoms with Crippen LogP contribution in [0.5, 0.6) is 5.75 Å². The highest BCUT2D eigenvalue weighted by Gasteiger charge is 2.39. The number of anilines is 1. The summed E-state index contributed by atoms with van der Waals surface area (Å²) in [5.74, 6) is -0.681. The van der Waals surface area contributed by atoms with Crippen LogP contribution in [0.3, 0.4) is 0 Å². The van der Waals surface area contributed by atoms with Gasteiger partial charge in [-0.2, -0.15) is 0 Å². The van der Waals surface area contributed by atoms with Crippen molar-refractivity contribution in [2.45, 2.75) is 45.1 Å². The highest BCUT2D eigenvalue weighted by molar-refractivity contribution is 6.04. The summed E-state index contributed by atoms with van der Waals surface area (Å²) in [7, 11) is 0. The van der Waals surface area contributed by atoms with Crippen molar-refractivity contribution < 1.29 is 13.9 Å². The van der Waals surface area contributed by atoms with Crippen LogP contribution in [0, 0.1) is 5.82 Å². The summed E-state index contributed by atoms with van der Waals surface area (Å²) in [6.45, 7) is 8.94. The molecule has 0 radical (unpaired) electrons. The van der Waals surface area contributed by atoms with Gasteiger partial charge in [0.15, 0.2) is 11.6 Å². The van der Waals surface area contributed by atoms with Gasteiger partial charge in [-0.25, -0.2) is 4.39 Å². The van der Waals surface area contributed by atoms with E-state index >= 15 is 0 Å². The van der Waals surface area contributed by atoms with Gasteiger partial charge in [0.05, 0.1) is 6.61 Å². The van der Waals surface area contributed by atoms with E-state index in [9.17, 15) is 9.18 Å². The lowest BCUT2D eigenvalue weighted by Gasteiger charge is -2.42. The number of hydrogen-bond acceptors (Lipinski definition) is 3. The lowest BCUT2D eigenvalue weighted by atomic mass is 9.76. The smallest absolute Gasteiger partial charge is 0.255 e. The molecule has 4 nitrogen and oxygen atoms in total. The van der Waals surface area contributed by atoms with Gasteiger partial charge in [-0.05, 0) is 67.8 Å². The molecule has 6 heteroatoms. The summed E-state index contributed by atoms with van der Waals surface area (Å²) in [5, 5.41) is 2.93. The van der Waals surface area contributed by atoms with Crippen LogP contribution in [0.15, 0.2) is 36.4 Å². The predicted molar refractivity (Wildman–Crippen MR) is 116 cm³/mol. The maximum Gasteiger partial charge on any atom is 0.255 e. The molecule has 0 saturated carbocycles. The number of benzene rings is 2. The van der Waals surface area contributed by atoms with Crippen molar-refractivity contribution in [2.75, 3.05) is 25.0 Å². The minimum absolute atomic E-state index is 0. The van der Waals surface area contributed by atoms with Gasteiger partial charge in [0.25, 0.3) is 5.91 Å². The first-order chi connectivity index (χ1) is 13.4. The molecule has 1 saturated heterocycles. The van der Waals surface area contributed by atoms with Gasteiger partial charge < -0.3 is 10.1 Å². The second-order valence-electron chi connectivity index (χ2n) is 8.35. The van der Waals surface area contributed by atoms with Crippen molar-refractivity contribution in [1.29, 1.82) is 0 Å². The number of nitrogens with zero attached hydrogens (tertiary/aromatic N) is 1. The van der Waals surface area contributed by atoms with E-state index in [1.807, 2.05) is 6.07 Å². The van der Waals surface area contributed by atoms with E-state index in [2.05, 4.69) is 36.2 Å². The fourth-order valence-electron chi connectivity index (χ4n) is 4.61. The average molecular weight is 419 g/mol. The first kappa shape index (κ1) is 21.6. The zero-order valence-electron chi connectivity index (χ0n) is 17.1. The van der Waals surface area contributed by atoms with Crippen LogP contribution in [-0.2, 0) is 5.41 Å². The Bertz CT molecular complexity index is 916. The number of hydrogen-bond donors (Lipinski definition) is 1. The number of carbonyl (C=O) groups excluding carboxylic acids is 1. The molecule has 0 spiro atoms. The molecule has 2 heterocycles. The van der Waals surface area contributed by atoms with Crippen LogP contribution < -0.4 is 10.1 Å². The quantitative estimate of drug-likeness (QED) is 0.729. The number of ether oxygens (including phenoxy) is 1. The highest BCUT2D eigenvalue weighted by atomic mass is 35.5. The Labute approximate surface area is 177 Å². The Morgan fingerprint density at radius 2 is 2.07 bits per heavy atom. The number of nitrogens with one attached hydrogen (secondary N) is 1. The summed E-state index contributed by atoms with van der Waals surface area (Å²) in [6.07, 6.45) is 2.37. The highest BCUT2D eigenvalue weighted by Crippen LogP contribution is 2.45. The zero-order chi connectivity index (χ0) is 19.9. The van der Waals surface area contributed by atoms with Gasteiger partial charge in [0.2, 0.25) is 0 Å². The molecule has 156 valence electrons. The number of carbonyl (C=O) groups is 1. The molecular formula is C23H28ClFN2O2. The number of rotatable bonds is 4. The fraction of sp³-hybridized carbons (Fsp3) is 0.435. The second kappa shape index (κ2) is 8.33. The molecule has 0 bridgehead atoms. The Balaban J connectivity index is 0.00000240. The molecular weight excluding hydrogens is 391 g/mol. The topological polar surface area (TPSA) is 41.6 Å². The number of halogens is 2. The molecule has 2 aliphatic heterocycles. The maximum absolute atomic E-state index is 14.1. The first-order valence-corrected chi connectivity index (χ1v) is 10.0. The van der Waals surface area contributed by atoms with Gasteiger partial charge in [0.1, 0.15) is 0 Å². The third-order valence-corrected chi connectivity index (χ3v) is 5.85. The van der Waals surface area contributed by atoms with E-state index < -0.39 is 5.82 Å². The summed E-state index contributed by atoms with van der Waals surface area (Å²) < 4.78 is 19.3. The monoisotopic (exact) mass is 418 g/mol. The van der Waals surface area contributed by atoms with Gasteiger partial charge in [-0.1, -0.05) is 19.9 Å². The summed E-state index contributed by atoms with van der Waals surface area (Å²) >= 11 is 0. The van der Waals surface area contributed by atoms with Crippen LogP contribution in [0.4, 0.5) is 10.1 Å². The lowest BCUT2D eigenvalue weighted by molar-refractivity contribution is 0.102. The minimum atomic E-state index is -0.525. The number of amides is 1. The molecule has 2 aromatic rings. The normalized spacial score (nSPS) is 19.7. The standard InChI is InChI=1S/C23H27FN2O2.ClH/c1-4-28-21-10-7-15(12-19(21)24)22(27)25-16-8-9-18-17(13-16)20-6-5-11-26(20)14-23(18,2)3;/h7-10,12-13,20H,4-6,11,14H2,1-3H3,(H,25,27);1H. The molecule has 4 rings (SSSR count). The second-order valence-corrected chi connectivity index (χ2v) is 8.35. The van der Waals surface area contributed by atoms with E-state index in [4.69, 9.17) is 4.74 Å². The molecule has 1 amide bonds. The van der Waals surface area contributed by atoms with E-state index in [-0.39, 0.29) is 35.0 Å². The Morgan fingerprint density at radius 1 is 1.28 bits per heavy atom. The third kappa shape index (κ3) is 4.12. The van der Waals surface area contributed by atoms with Crippen molar-refractivity contribution >= 4 is 24.0 Å². The van der Waals surface area contributed by atoms with Crippen molar-refractivity contribution in [2.24, 2.45) is 0 Å². The van der Waals surface area contributed by atoms with Crippen LogP contribution in [0.25, 0.3) is 0 Å². The van der Waals surface area contributed by atoms with Crippen LogP contribution in [-0.4, -0.2) is 30.5 Å². The van der Waals surface area contributed by atoms with E-state index in [0.29, 0.717) is 12.6 Å². The molecule has 1 unspecified atom stereocenters. The third-order valence-electron chi connectivity index (χ3n) is 5.85. The van der Waals surface area contributed by atoms with Gasteiger partial charge in [-0.15, -0.1) is 12.4 Å². The molecule has 29 heavy (non-hydrogen) atoms. The maximum atomic E-state index is 14.1. The lowest BCUT2D eigenvalue weighted by Crippen LogP contribution is -2.42. The minimum Gasteiger partial charge on any atom is -0.491 e. The predicted octanol–water partition coefficient (Wildman–Crippen LogP) is 5.33. The van der Waals surface area contributed by atoms with Gasteiger partial charge in [-0.3, -0.25) is 9.69 Å². The molecule has 0 aliphatic carbocycles. The van der Waals surface area contributed by atoms with Gasteiger partial charge in [0, 0.05) is 29.3 Å². The fourth-order valence-corrected chi connectivity index (χ4v) is 4.61. The van der Waals surface area contributed by atoms with Crippen LogP contribution >= 0.6 is 12.4 Å². The van der Waals surface area contributed by atoms with E-state index in [0.717, 1.165) is 25.2 Å². The van der Waals surface area contributed by atoms with Crippen molar-refractivity contribution in [3.05, 3.63) is 58.9 Å². The molecule has 1 N–H and O–H groups in total. The van der Waals surface area contributed by atoms with E-state index in [1.165, 1.54) is 29.7 Å². The Kier molecular flexibility index (Phi) is 6.20. The van der Waals surface area contributed by atoms with Crippen LogP contribution in [0.1, 0.15) is 61.1 Å². The molecule has 2 aromatic carbocycles. The van der Waals surface area contributed by atoms with E-state index in [1.54, 1.807) is 13.0 Å². The first-order valence-electron chi connectivity index (χ1n) is 10.0. The summed E-state index contributed by atoms with van der Waals surface area (Å²) in [4.78, 5) is 15.2. The van der Waals surface area contributed by atoms with Crippen LogP contribution in [0.2, 0.25) is 0 Å². The Morgan fingerprint density at radius 3 is 2.79 bits per heavy atom. The largest absolute Gasteiger partial charge is 0.491 e. The average Bonchev–Trinajstić information content (AvgIpc) is 3.11. The van der Waals surface area contributed by atoms with Gasteiger partial charge >= 0.3 is 0 Å². The summed E-state index contributed by atoms with van der Waals surface area (Å²) in [5.41, 5.74) is 3.80.